The van der Waals surface area contributed by atoms with E-state index in [4.69, 9.17) is 9.47 Å². The van der Waals surface area contributed by atoms with Crippen LogP contribution in [0, 0.1) is 0 Å². The third-order valence-electron chi connectivity index (χ3n) is 3.93. The summed E-state index contributed by atoms with van der Waals surface area (Å²) in [6, 6.07) is 2.37. The molecule has 1 aliphatic rings. The Labute approximate surface area is 123 Å². The molecule has 0 amide bonds. The number of hydrogen-bond donors (Lipinski definition) is 1. The number of ether oxygens (including phenoxy) is 2. The molecule has 106 valence electrons. The van der Waals surface area contributed by atoms with Gasteiger partial charge in [0.1, 0.15) is 0 Å². The van der Waals surface area contributed by atoms with Crippen molar-refractivity contribution in [1.82, 2.24) is 10.3 Å². The zero-order valence-electron chi connectivity index (χ0n) is 11.5. The first-order chi connectivity index (χ1) is 9.20. The molecule has 1 saturated heterocycles. The topological polar surface area (TPSA) is 43.4 Å². The van der Waals surface area contributed by atoms with E-state index in [1.165, 1.54) is 5.56 Å². The summed E-state index contributed by atoms with van der Waals surface area (Å²) in [6.45, 7) is 1.53. The molecule has 1 unspecified atom stereocenters. The van der Waals surface area contributed by atoms with Crippen molar-refractivity contribution >= 4 is 15.9 Å². The van der Waals surface area contributed by atoms with E-state index in [2.05, 4.69) is 32.3 Å². The van der Waals surface area contributed by atoms with Gasteiger partial charge in [-0.25, -0.2) is 0 Å². The third-order valence-corrected chi connectivity index (χ3v) is 4.36. The van der Waals surface area contributed by atoms with E-state index in [1.54, 1.807) is 13.3 Å². The molecule has 0 aromatic carbocycles. The van der Waals surface area contributed by atoms with Crippen molar-refractivity contribution in [3.63, 3.8) is 0 Å². The monoisotopic (exact) mass is 328 g/mol. The molecule has 5 heteroatoms. The molecule has 1 fully saturated rings. The van der Waals surface area contributed by atoms with Crippen LogP contribution in [0.5, 0.6) is 0 Å². The number of rotatable bonds is 5. The van der Waals surface area contributed by atoms with Crippen LogP contribution in [0.3, 0.4) is 0 Å². The van der Waals surface area contributed by atoms with Crippen molar-refractivity contribution in [1.29, 1.82) is 0 Å². The van der Waals surface area contributed by atoms with Gasteiger partial charge in [-0.3, -0.25) is 4.98 Å². The molecule has 1 atom stereocenters. The van der Waals surface area contributed by atoms with Gasteiger partial charge in [-0.1, -0.05) is 0 Å². The first-order valence-electron chi connectivity index (χ1n) is 6.60. The smallest absolute Gasteiger partial charge is 0.0877 e. The number of likely N-dealkylation sites (N-methyl/N-ethyl adjacent to an activating group) is 1. The van der Waals surface area contributed by atoms with Crippen molar-refractivity contribution in [2.45, 2.75) is 30.9 Å². The summed E-state index contributed by atoms with van der Waals surface area (Å²) in [4.78, 5) is 4.23. The molecular formula is C14H21BrN2O2. The van der Waals surface area contributed by atoms with Crippen LogP contribution in [-0.4, -0.2) is 44.0 Å². The van der Waals surface area contributed by atoms with Crippen molar-refractivity contribution in [3.05, 3.63) is 28.5 Å². The molecule has 1 N–H and O–H groups in total. The van der Waals surface area contributed by atoms with Crippen molar-refractivity contribution < 1.29 is 9.47 Å². The number of pyridine rings is 1. The molecule has 19 heavy (non-hydrogen) atoms. The fourth-order valence-corrected chi connectivity index (χ4v) is 3.18. The zero-order valence-corrected chi connectivity index (χ0v) is 13.1. The summed E-state index contributed by atoms with van der Waals surface area (Å²) in [5.41, 5.74) is 1.06. The largest absolute Gasteiger partial charge is 0.381 e. The number of halogens is 1. The van der Waals surface area contributed by atoms with Gasteiger partial charge in [-0.15, -0.1) is 0 Å². The predicted octanol–water partition coefficient (Wildman–Crippen LogP) is 2.17. The molecule has 2 heterocycles. The molecule has 0 spiro atoms. The van der Waals surface area contributed by atoms with Crippen molar-refractivity contribution in [3.8, 4) is 0 Å². The van der Waals surface area contributed by atoms with Gasteiger partial charge in [0.2, 0.25) is 0 Å². The van der Waals surface area contributed by atoms with Gasteiger partial charge >= 0.3 is 0 Å². The fourth-order valence-electron chi connectivity index (χ4n) is 2.77. The number of nitrogens with zero attached hydrogens (tertiary/aromatic N) is 1. The fraction of sp³-hybridized carbons (Fsp3) is 0.643. The van der Waals surface area contributed by atoms with Crippen LogP contribution in [0.1, 0.15) is 18.4 Å². The Morgan fingerprint density at radius 3 is 2.79 bits per heavy atom. The van der Waals surface area contributed by atoms with Crippen molar-refractivity contribution in [2.24, 2.45) is 0 Å². The highest BCUT2D eigenvalue weighted by Crippen LogP contribution is 2.30. The Balaban J connectivity index is 2.14. The van der Waals surface area contributed by atoms with Crippen LogP contribution in [0.15, 0.2) is 22.9 Å². The minimum absolute atomic E-state index is 0.144. The number of aromatic nitrogens is 1. The molecule has 0 aliphatic carbocycles. The minimum atomic E-state index is -0.144. The quantitative estimate of drug-likeness (QED) is 0.899. The van der Waals surface area contributed by atoms with Crippen LogP contribution in [0.2, 0.25) is 0 Å². The van der Waals surface area contributed by atoms with E-state index in [0.717, 1.165) is 36.9 Å². The van der Waals surface area contributed by atoms with Gasteiger partial charge in [0.25, 0.3) is 0 Å². The first-order valence-corrected chi connectivity index (χ1v) is 7.39. The Bertz CT molecular complexity index is 408. The van der Waals surface area contributed by atoms with Gasteiger partial charge in [0.05, 0.1) is 5.60 Å². The summed E-state index contributed by atoms with van der Waals surface area (Å²) in [6.07, 6.45) is 6.47. The van der Waals surface area contributed by atoms with Gasteiger partial charge < -0.3 is 14.8 Å². The summed E-state index contributed by atoms with van der Waals surface area (Å²) in [5.74, 6) is 0. The van der Waals surface area contributed by atoms with E-state index < -0.39 is 0 Å². The third kappa shape index (κ3) is 3.54. The molecule has 1 aromatic rings. The van der Waals surface area contributed by atoms with Crippen LogP contribution < -0.4 is 5.32 Å². The first kappa shape index (κ1) is 14.9. The van der Waals surface area contributed by atoms with E-state index in [9.17, 15) is 0 Å². The lowest BCUT2D eigenvalue weighted by Gasteiger charge is -2.42. The number of hydrogen-bond acceptors (Lipinski definition) is 4. The second kappa shape index (κ2) is 6.79. The molecule has 1 aliphatic heterocycles. The average molecular weight is 329 g/mol. The minimum Gasteiger partial charge on any atom is -0.381 e. The highest BCUT2D eigenvalue weighted by atomic mass is 79.9. The SMILES string of the molecule is CNC(Cc1cncc(Br)c1)C1(OC)CCOCC1. The zero-order chi connectivity index (χ0) is 13.7. The maximum absolute atomic E-state index is 5.86. The maximum atomic E-state index is 5.86. The van der Waals surface area contributed by atoms with Crippen LogP contribution in [0.4, 0.5) is 0 Å². The Kier molecular flexibility index (Phi) is 5.33. The summed E-state index contributed by atoms with van der Waals surface area (Å²) < 4.78 is 12.3. The molecule has 1 aromatic heterocycles. The molecule has 0 saturated carbocycles. The summed E-state index contributed by atoms with van der Waals surface area (Å²) in [7, 11) is 3.79. The second-order valence-electron chi connectivity index (χ2n) is 4.94. The summed E-state index contributed by atoms with van der Waals surface area (Å²) >= 11 is 3.47. The second-order valence-corrected chi connectivity index (χ2v) is 5.85. The van der Waals surface area contributed by atoms with Crippen LogP contribution in [-0.2, 0) is 15.9 Å². The van der Waals surface area contributed by atoms with Crippen molar-refractivity contribution in [2.75, 3.05) is 27.4 Å². The highest BCUT2D eigenvalue weighted by molar-refractivity contribution is 9.10. The lowest BCUT2D eigenvalue weighted by Crippen LogP contribution is -2.55. The average Bonchev–Trinajstić information content (AvgIpc) is 2.45. The van der Waals surface area contributed by atoms with Gasteiger partial charge in [0.15, 0.2) is 0 Å². The van der Waals surface area contributed by atoms with E-state index >= 15 is 0 Å². The Hall–Kier alpha value is -0.490. The van der Waals surface area contributed by atoms with Gasteiger partial charge in [0, 0.05) is 56.1 Å². The molecule has 0 radical (unpaired) electrons. The lowest BCUT2D eigenvalue weighted by atomic mass is 9.83. The van der Waals surface area contributed by atoms with E-state index in [0.29, 0.717) is 0 Å². The molecule has 4 nitrogen and oxygen atoms in total. The maximum Gasteiger partial charge on any atom is 0.0877 e. The highest BCUT2D eigenvalue weighted by Gasteiger charge is 2.39. The Morgan fingerprint density at radius 2 is 2.21 bits per heavy atom. The molecule has 2 rings (SSSR count). The molecular weight excluding hydrogens is 308 g/mol. The van der Waals surface area contributed by atoms with E-state index in [1.807, 2.05) is 13.2 Å². The Morgan fingerprint density at radius 1 is 1.47 bits per heavy atom. The lowest BCUT2D eigenvalue weighted by molar-refractivity contribution is -0.109. The normalized spacial score (nSPS) is 20.2. The summed E-state index contributed by atoms with van der Waals surface area (Å²) in [5, 5.41) is 3.41. The molecule has 0 bridgehead atoms. The van der Waals surface area contributed by atoms with Gasteiger partial charge in [-0.2, -0.15) is 0 Å². The van der Waals surface area contributed by atoms with Crippen LogP contribution in [0.25, 0.3) is 0 Å². The standard InChI is InChI=1S/C14H21BrN2O2/c1-16-13(8-11-7-12(15)10-17-9-11)14(18-2)3-5-19-6-4-14/h7,9-10,13,16H,3-6,8H2,1-2H3. The van der Waals surface area contributed by atoms with E-state index in [-0.39, 0.29) is 11.6 Å². The predicted molar refractivity (Wildman–Crippen MR) is 78.3 cm³/mol. The number of methoxy groups -OCH3 is 1. The van der Waals surface area contributed by atoms with Crippen LogP contribution >= 0.6 is 15.9 Å². The van der Waals surface area contributed by atoms with Gasteiger partial charge in [-0.05, 0) is 41.0 Å². The number of nitrogens with one attached hydrogen (secondary N) is 1.